The van der Waals surface area contributed by atoms with E-state index in [0.717, 1.165) is 24.8 Å². The van der Waals surface area contributed by atoms with Gasteiger partial charge in [0.1, 0.15) is 12.0 Å². The Morgan fingerprint density at radius 2 is 2.39 bits per heavy atom. The second kappa shape index (κ2) is 5.30. The van der Waals surface area contributed by atoms with Gasteiger partial charge in [-0.2, -0.15) is 0 Å². The Bertz CT molecular complexity index is 450. The van der Waals surface area contributed by atoms with Crippen LogP contribution in [0.25, 0.3) is 0 Å². The van der Waals surface area contributed by atoms with E-state index in [-0.39, 0.29) is 24.3 Å². The number of aliphatic hydroxyl groups excluding tert-OH is 1. The molecule has 1 aromatic heterocycles. The molecule has 2 rings (SSSR count). The van der Waals surface area contributed by atoms with Crippen LogP contribution in [0.4, 0.5) is 11.5 Å². The molecule has 1 saturated carbocycles. The predicted molar refractivity (Wildman–Crippen MR) is 67.5 cm³/mol. The first-order chi connectivity index (χ1) is 8.61. The van der Waals surface area contributed by atoms with Gasteiger partial charge in [-0.25, -0.2) is 4.98 Å². The van der Waals surface area contributed by atoms with Crippen LogP contribution in [0.15, 0.2) is 12.3 Å². The Balaban J connectivity index is 2.12. The van der Waals surface area contributed by atoms with Gasteiger partial charge in [-0.1, -0.05) is 6.42 Å². The molecule has 6 nitrogen and oxygen atoms in total. The van der Waals surface area contributed by atoms with Gasteiger partial charge in [-0.05, 0) is 25.3 Å². The molecule has 6 heteroatoms. The molecule has 0 radical (unpaired) electrons. The van der Waals surface area contributed by atoms with E-state index in [2.05, 4.69) is 10.3 Å². The van der Waals surface area contributed by atoms with Crippen LogP contribution in [-0.4, -0.2) is 27.7 Å². The molecule has 0 saturated heterocycles. The standard InChI is InChI=1S/C12H17N3O3/c1-8-5-10(15(17)18)6-13-12(8)14-11-4-2-3-9(11)7-16/h5-6,9,11,16H,2-4,7H2,1H3,(H,13,14). The van der Waals surface area contributed by atoms with Gasteiger partial charge in [0, 0.05) is 24.6 Å². The summed E-state index contributed by atoms with van der Waals surface area (Å²) in [7, 11) is 0. The maximum absolute atomic E-state index is 10.6. The van der Waals surface area contributed by atoms with E-state index in [9.17, 15) is 15.2 Å². The zero-order chi connectivity index (χ0) is 13.1. The van der Waals surface area contributed by atoms with E-state index in [4.69, 9.17) is 0 Å². The Kier molecular flexibility index (Phi) is 3.76. The lowest BCUT2D eigenvalue weighted by atomic mass is 10.0. The lowest BCUT2D eigenvalue weighted by Gasteiger charge is -2.20. The fraction of sp³-hybridized carbons (Fsp3) is 0.583. The fourth-order valence-corrected chi connectivity index (χ4v) is 2.43. The molecule has 0 amide bonds. The quantitative estimate of drug-likeness (QED) is 0.630. The molecule has 2 unspecified atom stereocenters. The van der Waals surface area contributed by atoms with Crippen molar-refractivity contribution in [1.29, 1.82) is 0 Å². The molecule has 0 bridgehead atoms. The van der Waals surface area contributed by atoms with Crippen molar-refractivity contribution in [3.8, 4) is 0 Å². The number of aromatic nitrogens is 1. The number of pyridine rings is 1. The number of nitrogens with zero attached hydrogens (tertiary/aromatic N) is 2. The predicted octanol–water partition coefficient (Wildman–Crippen LogP) is 1.87. The number of hydrogen-bond acceptors (Lipinski definition) is 5. The van der Waals surface area contributed by atoms with E-state index >= 15 is 0 Å². The van der Waals surface area contributed by atoms with Crippen molar-refractivity contribution in [2.75, 3.05) is 11.9 Å². The van der Waals surface area contributed by atoms with Gasteiger partial charge in [0.2, 0.25) is 0 Å². The molecule has 0 spiro atoms. The zero-order valence-electron chi connectivity index (χ0n) is 10.3. The minimum absolute atomic E-state index is 0.00294. The van der Waals surface area contributed by atoms with Gasteiger partial charge in [0.15, 0.2) is 0 Å². The van der Waals surface area contributed by atoms with Gasteiger partial charge in [-0.3, -0.25) is 10.1 Å². The molecule has 18 heavy (non-hydrogen) atoms. The summed E-state index contributed by atoms with van der Waals surface area (Å²) < 4.78 is 0. The molecule has 98 valence electrons. The van der Waals surface area contributed by atoms with E-state index in [1.807, 2.05) is 0 Å². The minimum Gasteiger partial charge on any atom is -0.396 e. The van der Waals surface area contributed by atoms with Crippen LogP contribution in [0.3, 0.4) is 0 Å². The topological polar surface area (TPSA) is 88.3 Å². The van der Waals surface area contributed by atoms with Crippen LogP contribution >= 0.6 is 0 Å². The van der Waals surface area contributed by atoms with Crippen molar-refractivity contribution >= 4 is 11.5 Å². The molecule has 2 atom stereocenters. The molecule has 1 heterocycles. The first kappa shape index (κ1) is 12.8. The second-order valence-corrected chi connectivity index (χ2v) is 4.74. The number of nitrogens with one attached hydrogen (secondary N) is 1. The summed E-state index contributed by atoms with van der Waals surface area (Å²) in [6.07, 6.45) is 4.37. The number of aliphatic hydroxyl groups is 1. The van der Waals surface area contributed by atoms with E-state index < -0.39 is 4.92 Å². The minimum atomic E-state index is -0.449. The summed E-state index contributed by atoms with van der Waals surface area (Å²) in [6, 6.07) is 1.72. The van der Waals surface area contributed by atoms with Crippen LogP contribution in [0, 0.1) is 23.0 Å². The molecule has 1 aliphatic rings. The normalized spacial score (nSPS) is 23.0. The number of hydrogen-bond donors (Lipinski definition) is 2. The van der Waals surface area contributed by atoms with Gasteiger partial charge in [0.05, 0.1) is 4.92 Å². The van der Waals surface area contributed by atoms with E-state index in [1.165, 1.54) is 12.3 Å². The SMILES string of the molecule is Cc1cc([N+](=O)[O-])cnc1NC1CCCC1CO. The first-order valence-corrected chi connectivity index (χ1v) is 6.10. The summed E-state index contributed by atoms with van der Waals surface area (Å²) in [6.45, 7) is 1.97. The maximum atomic E-state index is 10.6. The van der Waals surface area contributed by atoms with Crippen molar-refractivity contribution in [1.82, 2.24) is 4.98 Å². The van der Waals surface area contributed by atoms with Crippen molar-refractivity contribution in [2.24, 2.45) is 5.92 Å². The zero-order valence-corrected chi connectivity index (χ0v) is 10.3. The summed E-state index contributed by atoms with van der Waals surface area (Å²) in [5.41, 5.74) is 0.760. The number of rotatable bonds is 4. The Hall–Kier alpha value is -1.69. The maximum Gasteiger partial charge on any atom is 0.287 e. The highest BCUT2D eigenvalue weighted by atomic mass is 16.6. The van der Waals surface area contributed by atoms with Crippen molar-refractivity contribution < 1.29 is 10.0 Å². The molecule has 0 aromatic carbocycles. The largest absolute Gasteiger partial charge is 0.396 e. The molecular formula is C12H17N3O3. The molecular weight excluding hydrogens is 234 g/mol. The van der Waals surface area contributed by atoms with Crippen molar-refractivity contribution in [2.45, 2.75) is 32.2 Å². The highest BCUT2D eigenvalue weighted by Crippen LogP contribution is 2.29. The van der Waals surface area contributed by atoms with E-state index in [1.54, 1.807) is 6.92 Å². The Morgan fingerprint density at radius 3 is 3.00 bits per heavy atom. The molecule has 1 aliphatic carbocycles. The third kappa shape index (κ3) is 2.59. The highest BCUT2D eigenvalue weighted by Gasteiger charge is 2.27. The lowest BCUT2D eigenvalue weighted by Crippen LogP contribution is -2.27. The average molecular weight is 251 g/mol. The molecule has 1 aromatic rings. The summed E-state index contributed by atoms with van der Waals surface area (Å²) in [4.78, 5) is 14.3. The number of aryl methyl sites for hydroxylation is 1. The fourth-order valence-electron chi connectivity index (χ4n) is 2.43. The third-order valence-corrected chi connectivity index (χ3v) is 3.49. The van der Waals surface area contributed by atoms with Crippen molar-refractivity contribution in [3.63, 3.8) is 0 Å². The van der Waals surface area contributed by atoms with Crippen LogP contribution in [0.2, 0.25) is 0 Å². The number of anilines is 1. The summed E-state index contributed by atoms with van der Waals surface area (Å²) in [5, 5.41) is 23.2. The van der Waals surface area contributed by atoms with Crippen LogP contribution in [-0.2, 0) is 0 Å². The smallest absolute Gasteiger partial charge is 0.287 e. The number of nitro groups is 1. The summed E-state index contributed by atoms with van der Waals surface area (Å²) in [5.74, 6) is 0.923. The first-order valence-electron chi connectivity index (χ1n) is 6.10. The summed E-state index contributed by atoms with van der Waals surface area (Å²) >= 11 is 0. The van der Waals surface area contributed by atoms with E-state index in [0.29, 0.717) is 5.82 Å². The van der Waals surface area contributed by atoms with Gasteiger partial charge in [0.25, 0.3) is 5.69 Å². The monoisotopic (exact) mass is 251 g/mol. The highest BCUT2D eigenvalue weighted by molar-refractivity contribution is 5.49. The second-order valence-electron chi connectivity index (χ2n) is 4.74. The van der Waals surface area contributed by atoms with Crippen molar-refractivity contribution in [3.05, 3.63) is 27.9 Å². The molecule has 2 N–H and O–H groups in total. The van der Waals surface area contributed by atoms with Crippen LogP contribution in [0.5, 0.6) is 0 Å². The third-order valence-electron chi connectivity index (χ3n) is 3.49. The van der Waals surface area contributed by atoms with Gasteiger partial charge >= 0.3 is 0 Å². The van der Waals surface area contributed by atoms with Gasteiger partial charge in [-0.15, -0.1) is 0 Å². The molecule has 0 aliphatic heterocycles. The molecule has 1 fully saturated rings. The van der Waals surface area contributed by atoms with Crippen LogP contribution in [0.1, 0.15) is 24.8 Å². The Labute approximate surface area is 105 Å². The van der Waals surface area contributed by atoms with Crippen LogP contribution < -0.4 is 5.32 Å². The average Bonchev–Trinajstić information content (AvgIpc) is 2.78. The van der Waals surface area contributed by atoms with Gasteiger partial charge < -0.3 is 10.4 Å². The Morgan fingerprint density at radius 1 is 1.61 bits per heavy atom. The lowest BCUT2D eigenvalue weighted by molar-refractivity contribution is -0.385.